The molecule has 0 radical (unpaired) electrons. The van der Waals surface area contributed by atoms with Crippen LogP contribution in [0.4, 0.5) is 0 Å². The molecule has 0 aliphatic rings. The first-order valence-electron chi connectivity index (χ1n) is 8.55. The molecule has 5 heteroatoms. The first-order valence-corrected chi connectivity index (χ1v) is 8.55. The predicted octanol–water partition coefficient (Wildman–Crippen LogP) is 3.20. The summed E-state index contributed by atoms with van der Waals surface area (Å²) < 4.78 is 21.3. The Hall–Kier alpha value is -0.650. The van der Waals surface area contributed by atoms with E-state index in [2.05, 4.69) is 6.92 Å². The summed E-state index contributed by atoms with van der Waals surface area (Å²) in [4.78, 5) is 11.8. The van der Waals surface area contributed by atoms with Crippen molar-refractivity contribution in [2.75, 3.05) is 39.6 Å². The molecule has 1 atom stereocenters. The number of esters is 1. The van der Waals surface area contributed by atoms with Crippen molar-refractivity contribution in [3.8, 4) is 0 Å². The van der Waals surface area contributed by atoms with Crippen molar-refractivity contribution >= 4 is 5.97 Å². The molecule has 0 fully saturated rings. The van der Waals surface area contributed by atoms with E-state index >= 15 is 0 Å². The third-order valence-corrected chi connectivity index (χ3v) is 3.26. The summed E-state index contributed by atoms with van der Waals surface area (Å²) in [5.74, 6) is -0.0640. The number of carbonyl (C=O) groups is 1. The van der Waals surface area contributed by atoms with E-state index in [0.717, 1.165) is 25.7 Å². The number of rotatable bonds is 15. The van der Waals surface area contributed by atoms with Crippen LogP contribution in [0.1, 0.15) is 53.4 Å². The molecule has 0 rings (SSSR count). The van der Waals surface area contributed by atoms with Crippen LogP contribution >= 0.6 is 0 Å². The van der Waals surface area contributed by atoms with Gasteiger partial charge >= 0.3 is 5.97 Å². The molecule has 0 aliphatic heterocycles. The minimum atomic E-state index is -0.0957. The van der Waals surface area contributed by atoms with Gasteiger partial charge in [0.25, 0.3) is 0 Å². The van der Waals surface area contributed by atoms with Gasteiger partial charge in [-0.15, -0.1) is 0 Å². The van der Waals surface area contributed by atoms with E-state index in [-0.39, 0.29) is 18.0 Å². The molecular formula is C17H34O5. The number of unbranched alkanes of at least 4 members (excludes halogenated alkanes) is 1. The van der Waals surface area contributed by atoms with Gasteiger partial charge in [-0.3, -0.25) is 4.79 Å². The second kappa shape index (κ2) is 15.3. The minimum absolute atomic E-state index is 0.0317. The van der Waals surface area contributed by atoms with Crippen LogP contribution in [0.25, 0.3) is 0 Å². The molecule has 0 N–H and O–H groups in total. The lowest BCUT2D eigenvalue weighted by molar-refractivity contribution is -0.150. The van der Waals surface area contributed by atoms with Crippen molar-refractivity contribution in [2.24, 2.45) is 5.92 Å². The van der Waals surface area contributed by atoms with Crippen LogP contribution < -0.4 is 0 Å². The topological polar surface area (TPSA) is 54.0 Å². The molecule has 1 unspecified atom stereocenters. The Morgan fingerprint density at radius 3 is 2.05 bits per heavy atom. The SMILES string of the molecule is CCCCC(CC)C(=O)OCCOCCOCCOC(C)C. The summed E-state index contributed by atoms with van der Waals surface area (Å²) in [6.45, 7) is 11.1. The largest absolute Gasteiger partial charge is 0.463 e. The van der Waals surface area contributed by atoms with Gasteiger partial charge in [-0.25, -0.2) is 0 Å². The summed E-state index contributed by atoms with van der Waals surface area (Å²) in [5, 5.41) is 0. The number of carbonyl (C=O) groups excluding carboxylic acids is 1. The standard InChI is InChI=1S/C17H34O5/c1-5-7-8-16(6-2)17(18)22-14-12-20-10-9-19-11-13-21-15(3)4/h15-16H,5-14H2,1-4H3. The fraction of sp³-hybridized carbons (Fsp3) is 0.941. The Balaban J connectivity index is 3.39. The Morgan fingerprint density at radius 1 is 0.909 bits per heavy atom. The van der Waals surface area contributed by atoms with Gasteiger partial charge in [0.1, 0.15) is 6.61 Å². The highest BCUT2D eigenvalue weighted by Crippen LogP contribution is 2.14. The van der Waals surface area contributed by atoms with Gasteiger partial charge in [-0.1, -0.05) is 26.7 Å². The van der Waals surface area contributed by atoms with Crippen LogP contribution in [-0.4, -0.2) is 51.7 Å². The Labute approximate surface area is 135 Å². The third kappa shape index (κ3) is 13.0. The Morgan fingerprint density at radius 2 is 1.50 bits per heavy atom. The van der Waals surface area contributed by atoms with E-state index in [9.17, 15) is 4.79 Å². The number of hydrogen-bond donors (Lipinski definition) is 0. The highest BCUT2D eigenvalue weighted by atomic mass is 16.6. The average Bonchev–Trinajstić information content (AvgIpc) is 2.49. The summed E-state index contributed by atoms with van der Waals surface area (Å²) in [6.07, 6.45) is 4.17. The first-order chi connectivity index (χ1) is 10.6. The predicted molar refractivity (Wildman–Crippen MR) is 87.0 cm³/mol. The van der Waals surface area contributed by atoms with Gasteiger partial charge in [0.15, 0.2) is 0 Å². The molecule has 0 heterocycles. The normalized spacial score (nSPS) is 12.6. The molecule has 5 nitrogen and oxygen atoms in total. The number of hydrogen-bond acceptors (Lipinski definition) is 5. The van der Waals surface area contributed by atoms with Crippen LogP contribution in [0, 0.1) is 5.92 Å². The van der Waals surface area contributed by atoms with Crippen LogP contribution in [0.3, 0.4) is 0 Å². The van der Waals surface area contributed by atoms with E-state index in [4.69, 9.17) is 18.9 Å². The van der Waals surface area contributed by atoms with Crippen molar-refractivity contribution in [2.45, 2.75) is 59.5 Å². The Bertz CT molecular complexity index is 255. The van der Waals surface area contributed by atoms with Crippen molar-refractivity contribution < 1.29 is 23.7 Å². The average molecular weight is 318 g/mol. The van der Waals surface area contributed by atoms with Gasteiger partial charge in [0, 0.05) is 0 Å². The third-order valence-electron chi connectivity index (χ3n) is 3.26. The van der Waals surface area contributed by atoms with Crippen LogP contribution in [0.15, 0.2) is 0 Å². The fourth-order valence-electron chi connectivity index (χ4n) is 1.92. The van der Waals surface area contributed by atoms with Crippen LogP contribution in [0.5, 0.6) is 0 Å². The Kier molecular flexibility index (Phi) is 14.8. The summed E-state index contributed by atoms with van der Waals surface area (Å²) in [6, 6.07) is 0. The molecule has 0 aromatic carbocycles. The lowest BCUT2D eigenvalue weighted by atomic mass is 10.00. The quantitative estimate of drug-likeness (QED) is 0.343. The van der Waals surface area contributed by atoms with Crippen molar-refractivity contribution in [3.05, 3.63) is 0 Å². The van der Waals surface area contributed by atoms with Crippen molar-refractivity contribution in [1.29, 1.82) is 0 Å². The molecular weight excluding hydrogens is 284 g/mol. The van der Waals surface area contributed by atoms with Gasteiger partial charge in [0.05, 0.1) is 45.1 Å². The van der Waals surface area contributed by atoms with Gasteiger partial charge in [-0.2, -0.15) is 0 Å². The second-order valence-electron chi connectivity index (χ2n) is 5.56. The van der Waals surface area contributed by atoms with E-state index in [1.54, 1.807) is 0 Å². The highest BCUT2D eigenvalue weighted by molar-refractivity contribution is 5.72. The maximum atomic E-state index is 11.8. The maximum absolute atomic E-state index is 11.8. The molecule has 0 aromatic rings. The van der Waals surface area contributed by atoms with E-state index in [0.29, 0.717) is 39.6 Å². The molecule has 0 spiro atoms. The van der Waals surface area contributed by atoms with E-state index in [1.807, 2.05) is 20.8 Å². The highest BCUT2D eigenvalue weighted by Gasteiger charge is 2.16. The summed E-state index contributed by atoms with van der Waals surface area (Å²) in [7, 11) is 0. The zero-order valence-electron chi connectivity index (χ0n) is 14.8. The molecule has 0 bridgehead atoms. The summed E-state index contributed by atoms with van der Waals surface area (Å²) in [5.41, 5.74) is 0. The molecule has 0 saturated heterocycles. The van der Waals surface area contributed by atoms with Crippen LogP contribution in [-0.2, 0) is 23.7 Å². The zero-order valence-corrected chi connectivity index (χ0v) is 14.8. The molecule has 0 aliphatic carbocycles. The molecule has 0 saturated carbocycles. The van der Waals surface area contributed by atoms with Crippen molar-refractivity contribution in [3.63, 3.8) is 0 Å². The van der Waals surface area contributed by atoms with Gasteiger partial charge in [0.2, 0.25) is 0 Å². The molecule has 22 heavy (non-hydrogen) atoms. The zero-order chi connectivity index (χ0) is 16.6. The molecule has 0 amide bonds. The molecule has 0 aromatic heterocycles. The summed E-state index contributed by atoms with van der Waals surface area (Å²) >= 11 is 0. The maximum Gasteiger partial charge on any atom is 0.308 e. The van der Waals surface area contributed by atoms with Gasteiger partial charge in [-0.05, 0) is 26.7 Å². The van der Waals surface area contributed by atoms with Gasteiger partial charge < -0.3 is 18.9 Å². The van der Waals surface area contributed by atoms with Crippen molar-refractivity contribution in [1.82, 2.24) is 0 Å². The van der Waals surface area contributed by atoms with Crippen LogP contribution in [0.2, 0.25) is 0 Å². The van der Waals surface area contributed by atoms with E-state index < -0.39 is 0 Å². The molecule has 132 valence electrons. The number of ether oxygens (including phenoxy) is 4. The fourth-order valence-corrected chi connectivity index (χ4v) is 1.92. The van der Waals surface area contributed by atoms with E-state index in [1.165, 1.54) is 0 Å². The lowest BCUT2D eigenvalue weighted by Crippen LogP contribution is -2.20. The lowest BCUT2D eigenvalue weighted by Gasteiger charge is -2.13. The smallest absolute Gasteiger partial charge is 0.308 e. The monoisotopic (exact) mass is 318 g/mol. The minimum Gasteiger partial charge on any atom is -0.463 e. The first kappa shape index (κ1) is 21.4. The second-order valence-corrected chi connectivity index (χ2v) is 5.56.